The quantitative estimate of drug-likeness (QED) is 0.761. The van der Waals surface area contributed by atoms with Gasteiger partial charge in [-0.05, 0) is 12.1 Å². The number of carbonyl (C=O) groups excluding carboxylic acids is 3. The Bertz CT molecular complexity index is 619. The molecular formula is C16H19N3O4. The van der Waals surface area contributed by atoms with Crippen LogP contribution >= 0.6 is 0 Å². The minimum Gasteiger partial charge on any atom is -0.489 e. The first kappa shape index (κ1) is 15.3. The zero-order chi connectivity index (χ0) is 16.4. The maximum absolute atomic E-state index is 12.3. The molecule has 2 fully saturated rings. The molecule has 2 aliphatic rings. The molecule has 7 heteroatoms. The van der Waals surface area contributed by atoms with Gasteiger partial charge in [0.05, 0.1) is 6.54 Å². The van der Waals surface area contributed by atoms with Gasteiger partial charge in [0.1, 0.15) is 24.9 Å². The van der Waals surface area contributed by atoms with Gasteiger partial charge in [-0.2, -0.15) is 0 Å². The van der Waals surface area contributed by atoms with Gasteiger partial charge >= 0.3 is 6.03 Å². The topological polar surface area (TPSA) is 70.2 Å². The molecule has 1 atom stereocenters. The van der Waals surface area contributed by atoms with Crippen molar-refractivity contribution in [1.29, 1.82) is 0 Å². The molecule has 0 radical (unpaired) electrons. The van der Waals surface area contributed by atoms with Crippen molar-refractivity contribution in [3.05, 3.63) is 30.3 Å². The zero-order valence-electron chi connectivity index (χ0n) is 13.0. The number of carbonyl (C=O) groups is 3. The Balaban J connectivity index is 1.53. The number of para-hydroxylation sites is 1. The molecule has 7 nitrogen and oxygen atoms in total. The van der Waals surface area contributed by atoms with Gasteiger partial charge in [-0.1, -0.05) is 18.2 Å². The van der Waals surface area contributed by atoms with E-state index in [2.05, 4.69) is 0 Å². The van der Waals surface area contributed by atoms with Crippen molar-refractivity contribution in [1.82, 2.24) is 14.7 Å². The molecule has 0 saturated carbocycles. The molecule has 3 rings (SSSR count). The number of urea groups is 1. The van der Waals surface area contributed by atoms with Gasteiger partial charge in [0, 0.05) is 20.0 Å². The first-order valence-corrected chi connectivity index (χ1v) is 7.59. The van der Waals surface area contributed by atoms with Crippen molar-refractivity contribution in [2.24, 2.45) is 0 Å². The van der Waals surface area contributed by atoms with Crippen LogP contribution in [0.1, 0.15) is 6.42 Å². The summed E-state index contributed by atoms with van der Waals surface area (Å²) in [6.07, 6.45) is 0.677. The lowest BCUT2D eigenvalue weighted by Crippen LogP contribution is -2.42. The molecule has 1 aromatic carbocycles. The molecule has 4 amide bonds. The number of amides is 4. The predicted octanol–water partition coefficient (Wildman–Crippen LogP) is 0.560. The number of nitrogens with zero attached hydrogens (tertiary/aromatic N) is 3. The van der Waals surface area contributed by atoms with Crippen molar-refractivity contribution in [3.63, 3.8) is 0 Å². The Morgan fingerprint density at radius 1 is 1.26 bits per heavy atom. The van der Waals surface area contributed by atoms with Crippen molar-refractivity contribution in [2.75, 3.05) is 33.2 Å². The number of hydrogen-bond donors (Lipinski definition) is 0. The van der Waals surface area contributed by atoms with Crippen LogP contribution in [0.5, 0.6) is 5.75 Å². The fourth-order valence-electron chi connectivity index (χ4n) is 2.80. The molecule has 2 saturated heterocycles. The Morgan fingerprint density at radius 3 is 2.65 bits per heavy atom. The van der Waals surface area contributed by atoms with Gasteiger partial charge in [-0.25, -0.2) is 4.79 Å². The highest BCUT2D eigenvalue weighted by Crippen LogP contribution is 2.18. The van der Waals surface area contributed by atoms with Gasteiger partial charge in [0.25, 0.3) is 5.91 Å². The minimum absolute atomic E-state index is 0.0336. The molecule has 1 aromatic rings. The summed E-state index contributed by atoms with van der Waals surface area (Å²) in [5.41, 5.74) is 0. The number of hydrogen-bond acceptors (Lipinski definition) is 4. The van der Waals surface area contributed by atoms with Crippen molar-refractivity contribution < 1.29 is 19.1 Å². The zero-order valence-corrected chi connectivity index (χ0v) is 13.0. The van der Waals surface area contributed by atoms with E-state index in [1.54, 1.807) is 11.9 Å². The molecule has 122 valence electrons. The highest BCUT2D eigenvalue weighted by atomic mass is 16.5. The van der Waals surface area contributed by atoms with E-state index in [0.717, 1.165) is 17.1 Å². The summed E-state index contributed by atoms with van der Waals surface area (Å²) < 4.78 is 5.84. The van der Waals surface area contributed by atoms with Crippen LogP contribution in [0, 0.1) is 0 Å². The summed E-state index contributed by atoms with van der Waals surface area (Å²) in [6, 6.07) is 9.05. The molecule has 0 unspecified atom stereocenters. The molecule has 2 aliphatic heterocycles. The lowest BCUT2D eigenvalue weighted by Gasteiger charge is -2.20. The third kappa shape index (κ3) is 3.28. The van der Waals surface area contributed by atoms with E-state index in [1.807, 2.05) is 30.3 Å². The van der Waals surface area contributed by atoms with Gasteiger partial charge < -0.3 is 14.5 Å². The highest BCUT2D eigenvalue weighted by Gasteiger charge is 2.37. The van der Waals surface area contributed by atoms with Crippen LogP contribution in [-0.2, 0) is 9.59 Å². The molecule has 23 heavy (non-hydrogen) atoms. The van der Waals surface area contributed by atoms with Gasteiger partial charge in [-0.3, -0.25) is 14.5 Å². The summed E-state index contributed by atoms with van der Waals surface area (Å²) >= 11 is 0. The molecule has 0 aliphatic carbocycles. The summed E-state index contributed by atoms with van der Waals surface area (Å²) in [5.74, 6) is 0.224. The number of ether oxygens (including phenoxy) is 1. The lowest BCUT2D eigenvalue weighted by atomic mass is 10.3. The molecule has 0 spiro atoms. The van der Waals surface area contributed by atoms with Crippen LogP contribution in [0.25, 0.3) is 0 Å². The standard InChI is InChI=1S/C16H19N3O4/c1-17-10-15(21)19(16(17)22)11-14(20)18-8-7-13(9-18)23-12-5-3-2-4-6-12/h2-6,13H,7-11H2,1H3/t13-/m0/s1. The Hall–Kier alpha value is -2.57. The van der Waals surface area contributed by atoms with Crippen molar-refractivity contribution in [2.45, 2.75) is 12.5 Å². The van der Waals surface area contributed by atoms with Gasteiger partial charge in [0.15, 0.2) is 0 Å². The first-order chi connectivity index (χ1) is 11.0. The van der Waals surface area contributed by atoms with E-state index in [1.165, 1.54) is 4.90 Å². The molecule has 0 aromatic heterocycles. The van der Waals surface area contributed by atoms with E-state index in [4.69, 9.17) is 4.74 Å². The Kier molecular flexibility index (Phi) is 4.18. The van der Waals surface area contributed by atoms with Crippen LogP contribution in [0.15, 0.2) is 30.3 Å². The van der Waals surface area contributed by atoms with Crippen LogP contribution in [0.4, 0.5) is 4.79 Å². The number of rotatable bonds is 4. The number of imide groups is 1. The number of benzene rings is 1. The predicted molar refractivity (Wildman–Crippen MR) is 81.8 cm³/mol. The van der Waals surface area contributed by atoms with Crippen LogP contribution < -0.4 is 4.74 Å². The van der Waals surface area contributed by atoms with Crippen molar-refractivity contribution >= 4 is 17.8 Å². The van der Waals surface area contributed by atoms with Gasteiger partial charge in [-0.15, -0.1) is 0 Å². The number of likely N-dealkylation sites (tertiary alicyclic amines) is 1. The van der Waals surface area contributed by atoms with Crippen LogP contribution in [0.3, 0.4) is 0 Å². The summed E-state index contributed by atoms with van der Waals surface area (Å²) in [5, 5.41) is 0. The summed E-state index contributed by atoms with van der Waals surface area (Å²) in [4.78, 5) is 39.8. The molecule has 0 N–H and O–H groups in total. The van der Waals surface area contributed by atoms with Crippen molar-refractivity contribution in [3.8, 4) is 5.75 Å². The number of likely N-dealkylation sites (N-methyl/N-ethyl adjacent to an activating group) is 1. The first-order valence-electron chi connectivity index (χ1n) is 7.59. The average Bonchev–Trinajstić information content (AvgIpc) is 3.09. The van der Waals surface area contributed by atoms with E-state index < -0.39 is 6.03 Å². The van der Waals surface area contributed by atoms with Gasteiger partial charge in [0.2, 0.25) is 5.91 Å². The monoisotopic (exact) mass is 317 g/mol. The van der Waals surface area contributed by atoms with E-state index >= 15 is 0 Å². The van der Waals surface area contributed by atoms with E-state index in [0.29, 0.717) is 13.1 Å². The van der Waals surface area contributed by atoms with Crippen LogP contribution in [-0.4, -0.2) is 71.9 Å². The SMILES string of the molecule is CN1CC(=O)N(CC(=O)N2CC[C@H](Oc3ccccc3)C2)C1=O. The largest absolute Gasteiger partial charge is 0.489 e. The second-order valence-corrected chi connectivity index (χ2v) is 5.80. The van der Waals surface area contributed by atoms with Crippen LogP contribution in [0.2, 0.25) is 0 Å². The second-order valence-electron chi connectivity index (χ2n) is 5.80. The Labute approximate surface area is 134 Å². The Morgan fingerprint density at radius 2 is 2.00 bits per heavy atom. The summed E-state index contributed by atoms with van der Waals surface area (Å²) in [6.45, 7) is 0.883. The minimum atomic E-state index is -0.417. The highest BCUT2D eigenvalue weighted by molar-refractivity contribution is 6.04. The lowest BCUT2D eigenvalue weighted by molar-refractivity contribution is -0.136. The summed E-state index contributed by atoms with van der Waals surface area (Å²) in [7, 11) is 1.55. The molecule has 2 heterocycles. The maximum atomic E-state index is 12.3. The maximum Gasteiger partial charge on any atom is 0.327 e. The molecular weight excluding hydrogens is 298 g/mol. The third-order valence-corrected chi connectivity index (χ3v) is 4.07. The van der Waals surface area contributed by atoms with E-state index in [-0.39, 0.29) is 31.0 Å². The second kappa shape index (κ2) is 6.28. The van der Waals surface area contributed by atoms with E-state index in [9.17, 15) is 14.4 Å². The average molecular weight is 317 g/mol. The smallest absolute Gasteiger partial charge is 0.327 e. The molecule has 0 bridgehead atoms. The fourth-order valence-corrected chi connectivity index (χ4v) is 2.80. The fraction of sp³-hybridized carbons (Fsp3) is 0.438. The normalized spacial score (nSPS) is 21.3. The third-order valence-electron chi connectivity index (χ3n) is 4.07.